The maximum Gasteiger partial charge on any atom is 0.311 e. The van der Waals surface area contributed by atoms with E-state index in [9.17, 15) is 19.7 Å². The Hall–Kier alpha value is -4.11. The third-order valence-electron chi connectivity index (χ3n) is 5.63. The first-order valence-corrected chi connectivity index (χ1v) is 12.0. The van der Waals surface area contributed by atoms with Crippen molar-refractivity contribution in [2.75, 3.05) is 20.3 Å². The smallest absolute Gasteiger partial charge is 0.311 e. The molecule has 9 nitrogen and oxygen atoms in total. The molecule has 0 bridgehead atoms. The van der Waals surface area contributed by atoms with Gasteiger partial charge in [-0.05, 0) is 30.2 Å². The standard InChI is InChI=1S/C27H28ClN3O6/c1-3-29-27(33)24(15-19-9-5-4-6-10-19)30(17-20-11-7-8-12-22(20)28)26(32)18-37-21-13-14-23(31(34)35)25(16-21)36-2/h4-14,16,24H,3,15,17-18H2,1-2H3,(H,29,33). The molecule has 0 aliphatic rings. The lowest BCUT2D eigenvalue weighted by Gasteiger charge is -2.31. The number of halogens is 1. The number of hydrogen-bond donors (Lipinski definition) is 1. The molecule has 194 valence electrons. The Kier molecular flexibility index (Phi) is 9.85. The van der Waals surface area contributed by atoms with E-state index in [4.69, 9.17) is 21.1 Å². The SMILES string of the molecule is CCNC(=O)C(Cc1ccccc1)N(Cc1ccccc1Cl)C(=O)COc1ccc([N+](=O)[O-])c(OC)c1. The molecule has 1 unspecified atom stereocenters. The summed E-state index contributed by atoms with van der Waals surface area (Å²) in [5, 5.41) is 14.5. The Bertz CT molecular complexity index is 1240. The predicted molar refractivity (Wildman–Crippen MR) is 140 cm³/mol. The number of ether oxygens (including phenoxy) is 2. The highest BCUT2D eigenvalue weighted by Crippen LogP contribution is 2.31. The van der Waals surface area contributed by atoms with Gasteiger partial charge in [-0.1, -0.05) is 60.1 Å². The fourth-order valence-electron chi connectivity index (χ4n) is 3.78. The van der Waals surface area contributed by atoms with Crippen LogP contribution in [0, 0.1) is 10.1 Å². The molecule has 0 aliphatic carbocycles. The second kappa shape index (κ2) is 13.3. The number of nitro groups is 1. The quantitative estimate of drug-likeness (QED) is 0.277. The van der Waals surface area contributed by atoms with E-state index in [1.807, 2.05) is 43.3 Å². The Morgan fingerprint density at radius 1 is 1.08 bits per heavy atom. The largest absolute Gasteiger partial charge is 0.490 e. The van der Waals surface area contributed by atoms with Crippen molar-refractivity contribution >= 4 is 29.1 Å². The zero-order valence-corrected chi connectivity index (χ0v) is 21.3. The first-order valence-electron chi connectivity index (χ1n) is 11.6. The minimum absolute atomic E-state index is 0.00662. The van der Waals surface area contributed by atoms with Crippen LogP contribution in [0.25, 0.3) is 0 Å². The van der Waals surface area contributed by atoms with Gasteiger partial charge in [0, 0.05) is 36.7 Å². The number of nitrogens with one attached hydrogen (secondary N) is 1. The lowest BCUT2D eigenvalue weighted by atomic mass is 10.0. The van der Waals surface area contributed by atoms with Gasteiger partial charge in [0.15, 0.2) is 6.61 Å². The third-order valence-corrected chi connectivity index (χ3v) is 6.00. The Labute approximate surface area is 220 Å². The van der Waals surface area contributed by atoms with Crippen LogP contribution in [0.3, 0.4) is 0 Å². The number of rotatable bonds is 12. The zero-order chi connectivity index (χ0) is 26.8. The van der Waals surface area contributed by atoms with Crippen molar-refractivity contribution < 1.29 is 24.0 Å². The van der Waals surface area contributed by atoms with Crippen molar-refractivity contribution in [2.24, 2.45) is 0 Å². The Morgan fingerprint density at radius 3 is 2.43 bits per heavy atom. The summed E-state index contributed by atoms with van der Waals surface area (Å²) < 4.78 is 10.7. The van der Waals surface area contributed by atoms with E-state index in [0.717, 1.165) is 5.56 Å². The van der Waals surface area contributed by atoms with Gasteiger partial charge in [0.1, 0.15) is 11.8 Å². The minimum atomic E-state index is -0.832. The van der Waals surface area contributed by atoms with Gasteiger partial charge in [0.25, 0.3) is 5.91 Å². The van der Waals surface area contributed by atoms with Crippen LogP contribution in [-0.4, -0.2) is 47.9 Å². The molecule has 3 rings (SSSR count). The fraction of sp³-hybridized carbons (Fsp3) is 0.259. The van der Waals surface area contributed by atoms with Crippen LogP contribution in [-0.2, 0) is 22.6 Å². The molecule has 0 saturated heterocycles. The molecule has 0 saturated carbocycles. The van der Waals surface area contributed by atoms with E-state index in [0.29, 0.717) is 17.1 Å². The molecule has 1 atom stereocenters. The van der Waals surface area contributed by atoms with Crippen LogP contribution in [0.4, 0.5) is 5.69 Å². The number of hydrogen-bond acceptors (Lipinski definition) is 6. The van der Waals surface area contributed by atoms with Crippen molar-refractivity contribution in [3.63, 3.8) is 0 Å². The highest BCUT2D eigenvalue weighted by Gasteiger charge is 2.31. The molecule has 10 heteroatoms. The third kappa shape index (κ3) is 7.44. The van der Waals surface area contributed by atoms with Gasteiger partial charge in [-0.2, -0.15) is 0 Å². The number of methoxy groups -OCH3 is 1. The molecule has 0 spiro atoms. The number of nitro benzene ring substituents is 1. The van der Waals surface area contributed by atoms with Crippen molar-refractivity contribution in [3.05, 3.63) is 99.1 Å². The lowest BCUT2D eigenvalue weighted by Crippen LogP contribution is -2.51. The highest BCUT2D eigenvalue weighted by atomic mass is 35.5. The van der Waals surface area contributed by atoms with E-state index < -0.39 is 23.5 Å². The first kappa shape index (κ1) is 27.5. The molecule has 0 radical (unpaired) electrons. The number of amides is 2. The van der Waals surface area contributed by atoms with Gasteiger partial charge in [0.05, 0.1) is 12.0 Å². The maximum atomic E-state index is 13.5. The number of likely N-dealkylation sites (N-methyl/N-ethyl adjacent to an activating group) is 1. The van der Waals surface area contributed by atoms with E-state index >= 15 is 0 Å². The van der Waals surface area contributed by atoms with Gasteiger partial charge >= 0.3 is 5.69 Å². The van der Waals surface area contributed by atoms with Crippen LogP contribution < -0.4 is 14.8 Å². The highest BCUT2D eigenvalue weighted by molar-refractivity contribution is 6.31. The van der Waals surface area contributed by atoms with E-state index in [-0.39, 0.29) is 36.1 Å². The van der Waals surface area contributed by atoms with Crippen molar-refractivity contribution in [1.29, 1.82) is 0 Å². The van der Waals surface area contributed by atoms with Crippen LogP contribution in [0.15, 0.2) is 72.8 Å². The molecular weight excluding hydrogens is 498 g/mol. The van der Waals surface area contributed by atoms with Gasteiger partial charge in [-0.3, -0.25) is 19.7 Å². The molecule has 0 aliphatic heterocycles. The Balaban J connectivity index is 1.90. The zero-order valence-electron chi connectivity index (χ0n) is 20.6. The number of benzene rings is 3. The number of carbonyl (C=O) groups is 2. The van der Waals surface area contributed by atoms with Crippen LogP contribution in [0.5, 0.6) is 11.5 Å². The predicted octanol–water partition coefficient (Wildman–Crippen LogP) is 4.41. The van der Waals surface area contributed by atoms with Gasteiger partial charge in [-0.25, -0.2) is 0 Å². The van der Waals surface area contributed by atoms with E-state index in [1.165, 1.54) is 30.2 Å². The summed E-state index contributed by atoms with van der Waals surface area (Å²) in [4.78, 5) is 38.8. The summed E-state index contributed by atoms with van der Waals surface area (Å²) in [6, 6.07) is 19.7. The topological polar surface area (TPSA) is 111 Å². The van der Waals surface area contributed by atoms with Gasteiger partial charge in [0.2, 0.25) is 11.7 Å². The number of nitrogens with zero attached hydrogens (tertiary/aromatic N) is 2. The molecular formula is C27H28ClN3O6. The molecule has 2 amide bonds. The van der Waals surface area contributed by atoms with Crippen molar-refractivity contribution in [2.45, 2.75) is 25.9 Å². The summed E-state index contributed by atoms with van der Waals surface area (Å²) in [6.07, 6.45) is 0.286. The van der Waals surface area contributed by atoms with Gasteiger partial charge in [-0.15, -0.1) is 0 Å². The summed E-state index contributed by atoms with van der Waals surface area (Å²) in [6.45, 7) is 1.89. The molecule has 3 aromatic carbocycles. The maximum absolute atomic E-state index is 13.5. The van der Waals surface area contributed by atoms with Crippen molar-refractivity contribution in [1.82, 2.24) is 10.2 Å². The first-order chi connectivity index (χ1) is 17.8. The monoisotopic (exact) mass is 525 g/mol. The molecule has 0 heterocycles. The minimum Gasteiger partial charge on any atom is -0.490 e. The summed E-state index contributed by atoms with van der Waals surface area (Å²) in [5.74, 6) is -0.536. The molecule has 3 aromatic rings. The van der Waals surface area contributed by atoms with Crippen LogP contribution in [0.2, 0.25) is 5.02 Å². The van der Waals surface area contributed by atoms with E-state index in [2.05, 4.69) is 5.32 Å². The molecule has 0 aromatic heterocycles. The summed E-state index contributed by atoms with van der Waals surface area (Å²) in [5.41, 5.74) is 1.34. The fourth-order valence-corrected chi connectivity index (χ4v) is 3.98. The average molecular weight is 526 g/mol. The van der Waals surface area contributed by atoms with Gasteiger partial charge < -0.3 is 19.7 Å². The summed E-state index contributed by atoms with van der Waals surface area (Å²) in [7, 11) is 1.31. The van der Waals surface area contributed by atoms with E-state index in [1.54, 1.807) is 18.2 Å². The average Bonchev–Trinajstić information content (AvgIpc) is 2.90. The summed E-state index contributed by atoms with van der Waals surface area (Å²) >= 11 is 6.39. The Morgan fingerprint density at radius 2 is 1.78 bits per heavy atom. The number of carbonyl (C=O) groups excluding carboxylic acids is 2. The second-order valence-electron chi connectivity index (χ2n) is 8.09. The van der Waals surface area contributed by atoms with Crippen LogP contribution in [0.1, 0.15) is 18.1 Å². The molecule has 0 fully saturated rings. The normalized spacial score (nSPS) is 11.3. The van der Waals surface area contributed by atoms with Crippen molar-refractivity contribution in [3.8, 4) is 11.5 Å². The molecule has 37 heavy (non-hydrogen) atoms. The lowest BCUT2D eigenvalue weighted by molar-refractivity contribution is -0.385. The second-order valence-corrected chi connectivity index (χ2v) is 8.50. The van der Waals surface area contributed by atoms with Crippen LogP contribution >= 0.6 is 11.6 Å². The molecule has 1 N–H and O–H groups in total.